The van der Waals surface area contributed by atoms with Crippen molar-refractivity contribution in [3.63, 3.8) is 0 Å². The number of carbonyl (C=O) groups is 1. The normalized spacial score (nSPS) is 12.1. The molecule has 0 aliphatic carbocycles. The lowest BCUT2D eigenvalue weighted by molar-refractivity contribution is -0.152. The maximum absolute atomic E-state index is 12.9. The molecule has 1 heterocycles. The van der Waals surface area contributed by atoms with Crippen LogP contribution in [0.1, 0.15) is 36.1 Å². The smallest absolute Gasteiger partial charge is 0.417 e. The number of aryl methyl sites for hydroxylation is 2. The molecule has 8 nitrogen and oxygen atoms in total. The van der Waals surface area contributed by atoms with Gasteiger partial charge in [-0.1, -0.05) is 23.7 Å². The highest BCUT2D eigenvalue weighted by Crippen LogP contribution is 2.35. The fraction of sp³-hybridized carbons (Fsp3) is 0.333. The van der Waals surface area contributed by atoms with Crippen LogP contribution in [0.3, 0.4) is 0 Å². The number of alkyl halides is 3. The molecule has 1 aromatic heterocycles. The van der Waals surface area contributed by atoms with Crippen LogP contribution in [0.5, 0.6) is 5.75 Å². The predicted molar refractivity (Wildman–Crippen MR) is 113 cm³/mol. The quantitative estimate of drug-likeness (QED) is 0.567. The van der Waals surface area contributed by atoms with Crippen LogP contribution in [0.15, 0.2) is 35.1 Å². The highest BCUT2D eigenvalue weighted by molar-refractivity contribution is 6.31. The summed E-state index contributed by atoms with van der Waals surface area (Å²) < 4.78 is 46.3. The molecule has 0 unspecified atom stereocenters. The molecule has 2 aromatic carbocycles. The van der Waals surface area contributed by atoms with Gasteiger partial charge in [-0.2, -0.15) is 22.5 Å². The first kappa shape index (κ1) is 24.3. The summed E-state index contributed by atoms with van der Waals surface area (Å²) in [6, 6.07) is 6.30. The predicted octanol–water partition coefficient (Wildman–Crippen LogP) is 4.01. The number of rotatable bonds is 6. The van der Waals surface area contributed by atoms with E-state index in [2.05, 4.69) is 10.4 Å². The van der Waals surface area contributed by atoms with E-state index in [0.717, 1.165) is 27.6 Å². The summed E-state index contributed by atoms with van der Waals surface area (Å²) in [7, 11) is 0. The summed E-state index contributed by atoms with van der Waals surface area (Å²) in [6.07, 6.45) is -4.62. The van der Waals surface area contributed by atoms with Crippen molar-refractivity contribution >= 4 is 17.6 Å². The van der Waals surface area contributed by atoms with Gasteiger partial charge in [-0.15, -0.1) is 0 Å². The Kier molecular flexibility index (Phi) is 6.29. The number of hydrogen-bond acceptors (Lipinski definition) is 5. The Morgan fingerprint density at radius 1 is 1.12 bits per heavy atom. The molecule has 12 heteroatoms. The van der Waals surface area contributed by atoms with Gasteiger partial charge in [-0.25, -0.2) is 9.59 Å². The average molecular weight is 485 g/mol. The Labute approximate surface area is 191 Å². The Bertz CT molecular complexity index is 1260. The largest absolute Gasteiger partial charge is 0.478 e. The summed E-state index contributed by atoms with van der Waals surface area (Å²) in [5, 5.41) is 16.3. The van der Waals surface area contributed by atoms with Gasteiger partial charge in [0.25, 0.3) is 0 Å². The van der Waals surface area contributed by atoms with Gasteiger partial charge in [-0.05, 0) is 73.0 Å². The standard InChI is InChI=1S/C21H20ClF3N4O4/c1-11-7-13(8-12(2)17(11)33-20(3,4)18(30)31)10-28-19(32)29(27-26-28)14-5-6-15(16(22)9-14)21(23,24)25/h5-9H,10H2,1-4H3,(H,30,31). The molecule has 0 saturated heterocycles. The second kappa shape index (κ2) is 8.54. The molecular weight excluding hydrogens is 465 g/mol. The van der Waals surface area contributed by atoms with Crippen LogP contribution in [0.2, 0.25) is 5.02 Å². The lowest BCUT2D eigenvalue weighted by Gasteiger charge is -2.24. The van der Waals surface area contributed by atoms with E-state index in [1.807, 2.05) is 0 Å². The molecule has 0 saturated carbocycles. The van der Waals surface area contributed by atoms with Crippen molar-refractivity contribution in [2.45, 2.75) is 46.0 Å². The topological polar surface area (TPSA) is 99.2 Å². The van der Waals surface area contributed by atoms with Gasteiger partial charge in [-0.3, -0.25) is 0 Å². The zero-order valence-electron chi connectivity index (χ0n) is 18.1. The minimum Gasteiger partial charge on any atom is -0.478 e. The lowest BCUT2D eigenvalue weighted by Crippen LogP contribution is -2.38. The average Bonchev–Trinajstić information content (AvgIpc) is 3.04. The molecule has 0 amide bonds. The minimum atomic E-state index is -4.62. The lowest BCUT2D eigenvalue weighted by atomic mass is 10.0. The summed E-state index contributed by atoms with van der Waals surface area (Å²) in [6.45, 7) is 6.39. The number of tetrazole rings is 1. The molecule has 3 aromatic rings. The first-order valence-electron chi connectivity index (χ1n) is 9.63. The molecule has 0 aliphatic heterocycles. The molecule has 1 N–H and O–H groups in total. The molecule has 0 aliphatic rings. The highest BCUT2D eigenvalue weighted by atomic mass is 35.5. The fourth-order valence-corrected chi connectivity index (χ4v) is 3.45. The third-order valence-electron chi connectivity index (χ3n) is 4.87. The van der Waals surface area contributed by atoms with Gasteiger partial charge in [0.1, 0.15) is 5.75 Å². The maximum atomic E-state index is 12.9. The van der Waals surface area contributed by atoms with Gasteiger partial charge < -0.3 is 9.84 Å². The van der Waals surface area contributed by atoms with Gasteiger partial charge >= 0.3 is 17.8 Å². The van der Waals surface area contributed by atoms with Gasteiger partial charge in [0.05, 0.1) is 22.8 Å². The van der Waals surface area contributed by atoms with Gasteiger partial charge in [0.2, 0.25) is 0 Å². The third-order valence-corrected chi connectivity index (χ3v) is 5.18. The molecule has 176 valence electrons. The van der Waals surface area contributed by atoms with Crippen molar-refractivity contribution in [1.29, 1.82) is 0 Å². The van der Waals surface area contributed by atoms with E-state index >= 15 is 0 Å². The van der Waals surface area contributed by atoms with E-state index in [-0.39, 0.29) is 12.2 Å². The first-order chi connectivity index (χ1) is 15.2. The Morgan fingerprint density at radius 3 is 2.24 bits per heavy atom. The second-order valence-electron chi connectivity index (χ2n) is 7.97. The zero-order chi connectivity index (χ0) is 24.7. The van der Waals surface area contributed by atoms with E-state index in [1.165, 1.54) is 13.8 Å². The van der Waals surface area contributed by atoms with Crippen LogP contribution in [-0.2, 0) is 17.5 Å². The summed E-state index contributed by atoms with van der Waals surface area (Å²) in [5.74, 6) is -0.696. The van der Waals surface area contributed by atoms with E-state index in [0.29, 0.717) is 22.4 Å². The highest BCUT2D eigenvalue weighted by Gasteiger charge is 2.33. The number of halogens is 4. The van der Waals surface area contributed by atoms with Crippen LogP contribution >= 0.6 is 11.6 Å². The van der Waals surface area contributed by atoms with Crippen LogP contribution in [-0.4, -0.2) is 36.5 Å². The van der Waals surface area contributed by atoms with Gasteiger partial charge in [0.15, 0.2) is 5.60 Å². The molecule has 0 spiro atoms. The first-order valence-corrected chi connectivity index (χ1v) is 10.0. The third kappa shape index (κ3) is 5.03. The van der Waals surface area contributed by atoms with Crippen LogP contribution in [0.25, 0.3) is 5.69 Å². The number of ether oxygens (including phenoxy) is 1. The van der Waals surface area contributed by atoms with E-state index in [4.69, 9.17) is 16.3 Å². The Morgan fingerprint density at radius 2 is 1.73 bits per heavy atom. The number of carboxylic acid groups (broad SMARTS) is 1. The maximum Gasteiger partial charge on any atom is 0.417 e. The number of aliphatic carboxylic acids is 1. The molecule has 3 rings (SSSR count). The van der Waals surface area contributed by atoms with Crippen molar-refractivity contribution in [3.8, 4) is 11.4 Å². The Hall–Kier alpha value is -3.34. The minimum absolute atomic E-state index is 0.0253. The van der Waals surface area contributed by atoms with Crippen molar-refractivity contribution in [1.82, 2.24) is 19.8 Å². The summed E-state index contributed by atoms with van der Waals surface area (Å²) >= 11 is 5.73. The molecule has 0 fully saturated rings. The molecule has 0 radical (unpaired) electrons. The van der Waals surface area contributed by atoms with Crippen molar-refractivity contribution in [2.75, 3.05) is 0 Å². The number of benzene rings is 2. The molecule has 0 bridgehead atoms. The fourth-order valence-electron chi connectivity index (χ4n) is 3.17. The molecular formula is C21H20ClF3N4O4. The van der Waals surface area contributed by atoms with Crippen molar-refractivity contribution in [3.05, 3.63) is 68.1 Å². The molecule has 0 atom stereocenters. The second-order valence-corrected chi connectivity index (χ2v) is 8.38. The van der Waals surface area contributed by atoms with E-state index in [1.54, 1.807) is 26.0 Å². The number of carboxylic acids is 1. The SMILES string of the molecule is Cc1cc(Cn2nnn(-c3ccc(C(F)(F)F)c(Cl)c3)c2=O)cc(C)c1OC(C)(C)C(=O)O. The van der Waals surface area contributed by atoms with Crippen LogP contribution in [0, 0.1) is 13.8 Å². The number of aromatic nitrogens is 4. The van der Waals surface area contributed by atoms with Crippen LogP contribution < -0.4 is 10.4 Å². The monoisotopic (exact) mass is 484 g/mol. The summed E-state index contributed by atoms with van der Waals surface area (Å²) in [4.78, 5) is 24.1. The Balaban J connectivity index is 1.89. The number of hydrogen-bond donors (Lipinski definition) is 1. The van der Waals surface area contributed by atoms with E-state index < -0.39 is 34.0 Å². The zero-order valence-corrected chi connectivity index (χ0v) is 18.8. The van der Waals surface area contributed by atoms with Gasteiger partial charge in [0, 0.05) is 0 Å². The number of nitrogens with zero attached hydrogens (tertiary/aromatic N) is 4. The molecule has 33 heavy (non-hydrogen) atoms. The van der Waals surface area contributed by atoms with Crippen molar-refractivity contribution in [2.24, 2.45) is 0 Å². The summed E-state index contributed by atoms with van der Waals surface area (Å²) in [5.41, 5.74) is -1.09. The van der Waals surface area contributed by atoms with Crippen molar-refractivity contribution < 1.29 is 27.8 Å². The van der Waals surface area contributed by atoms with E-state index in [9.17, 15) is 27.9 Å². The van der Waals surface area contributed by atoms with Crippen LogP contribution in [0.4, 0.5) is 13.2 Å².